The topological polar surface area (TPSA) is 113 Å². The fourth-order valence-electron chi connectivity index (χ4n) is 1.50. The molecule has 0 saturated carbocycles. The Kier molecular flexibility index (Phi) is 4.40. The fraction of sp³-hybridized carbons (Fsp3) is 0.250. The number of carbonyl (C=O) groups is 2. The molecule has 1 rings (SSSR count). The van der Waals surface area contributed by atoms with Gasteiger partial charge in [-0.1, -0.05) is 0 Å². The molecule has 6 nitrogen and oxygen atoms in total. The van der Waals surface area contributed by atoms with Gasteiger partial charge in [-0.15, -0.1) is 0 Å². The average Bonchev–Trinajstić information content (AvgIpc) is 2.38. The van der Waals surface area contributed by atoms with E-state index < -0.39 is 12.0 Å². The highest BCUT2D eigenvalue weighted by atomic mass is 16.5. The molecule has 1 atom stereocenters. The van der Waals surface area contributed by atoms with Crippen LogP contribution in [0, 0.1) is 11.3 Å². The number of hydrogen-bond donors (Lipinski definition) is 2. The van der Waals surface area contributed by atoms with E-state index in [2.05, 4.69) is 4.74 Å². The predicted molar refractivity (Wildman–Crippen MR) is 62.0 cm³/mol. The van der Waals surface area contributed by atoms with E-state index in [1.54, 1.807) is 0 Å². The molecular formula is C12H12N2O4. The number of methoxy groups -OCH3 is 1. The summed E-state index contributed by atoms with van der Waals surface area (Å²) in [5, 5.41) is 18.4. The summed E-state index contributed by atoms with van der Waals surface area (Å²) in [4.78, 5) is 22.2. The Morgan fingerprint density at radius 2 is 2.33 bits per heavy atom. The zero-order valence-electron chi connectivity index (χ0n) is 9.71. The van der Waals surface area contributed by atoms with Gasteiger partial charge in [0, 0.05) is 11.6 Å². The van der Waals surface area contributed by atoms with Crippen LogP contribution in [0.5, 0.6) is 5.75 Å². The lowest BCUT2D eigenvalue weighted by Crippen LogP contribution is -2.12. The number of nitrogens with zero attached hydrogens (tertiary/aromatic N) is 1. The number of phenolic OH excluding ortho intramolecular Hbond substituents is 1. The molecular weight excluding hydrogens is 236 g/mol. The molecule has 3 N–H and O–H groups in total. The number of nitrogens with two attached hydrogens (primary N) is 1. The molecule has 6 heteroatoms. The Hall–Kier alpha value is -2.39. The summed E-state index contributed by atoms with van der Waals surface area (Å²) in [7, 11) is 1.20. The van der Waals surface area contributed by atoms with Crippen molar-refractivity contribution in [2.75, 3.05) is 7.11 Å². The zero-order valence-corrected chi connectivity index (χ0v) is 9.71. The molecule has 0 aliphatic rings. The SMILES string of the molecule is COC(=O)c1cc(C=O)c(O)c([C@@H](N)CC#N)c1. The Balaban J connectivity index is 3.36. The second kappa shape index (κ2) is 5.80. The van der Waals surface area contributed by atoms with Gasteiger partial charge >= 0.3 is 5.97 Å². The normalized spacial score (nSPS) is 11.4. The minimum Gasteiger partial charge on any atom is -0.507 e. The van der Waals surface area contributed by atoms with Crippen molar-refractivity contribution in [3.63, 3.8) is 0 Å². The number of rotatable bonds is 4. The molecule has 0 radical (unpaired) electrons. The number of carbonyl (C=O) groups excluding carboxylic acids is 2. The molecule has 0 spiro atoms. The van der Waals surface area contributed by atoms with Gasteiger partial charge in [-0.2, -0.15) is 5.26 Å². The minimum absolute atomic E-state index is 0.0452. The van der Waals surface area contributed by atoms with E-state index in [4.69, 9.17) is 11.0 Å². The molecule has 0 heterocycles. The third-order valence-corrected chi connectivity index (χ3v) is 2.43. The smallest absolute Gasteiger partial charge is 0.337 e. The second-order valence-corrected chi connectivity index (χ2v) is 3.58. The van der Waals surface area contributed by atoms with Gasteiger partial charge in [0.2, 0.25) is 0 Å². The quantitative estimate of drug-likeness (QED) is 0.604. The van der Waals surface area contributed by atoms with Gasteiger partial charge < -0.3 is 15.6 Å². The molecule has 0 aliphatic carbocycles. The summed E-state index contributed by atoms with van der Waals surface area (Å²) in [5.41, 5.74) is 5.89. The number of aldehydes is 1. The van der Waals surface area contributed by atoms with E-state index in [9.17, 15) is 14.7 Å². The zero-order chi connectivity index (χ0) is 13.7. The van der Waals surface area contributed by atoms with E-state index in [0.717, 1.165) is 0 Å². The number of phenols is 1. The van der Waals surface area contributed by atoms with Crippen LogP contribution in [0.15, 0.2) is 12.1 Å². The molecule has 0 fully saturated rings. The van der Waals surface area contributed by atoms with E-state index in [1.165, 1.54) is 19.2 Å². The summed E-state index contributed by atoms with van der Waals surface area (Å²) in [6, 6.07) is 3.59. The van der Waals surface area contributed by atoms with Crippen molar-refractivity contribution in [3.05, 3.63) is 28.8 Å². The number of hydrogen-bond acceptors (Lipinski definition) is 6. The van der Waals surface area contributed by atoms with Crippen LogP contribution in [-0.4, -0.2) is 24.5 Å². The number of aromatic hydroxyl groups is 1. The number of nitriles is 1. The molecule has 1 aromatic carbocycles. The van der Waals surface area contributed by atoms with Gasteiger partial charge in [0.25, 0.3) is 0 Å². The Morgan fingerprint density at radius 1 is 1.67 bits per heavy atom. The van der Waals surface area contributed by atoms with Crippen LogP contribution in [0.4, 0.5) is 0 Å². The summed E-state index contributed by atoms with van der Waals surface area (Å²) >= 11 is 0. The van der Waals surface area contributed by atoms with E-state index >= 15 is 0 Å². The van der Waals surface area contributed by atoms with Crippen LogP contribution in [0.1, 0.15) is 38.7 Å². The van der Waals surface area contributed by atoms with Crippen molar-refractivity contribution in [2.45, 2.75) is 12.5 Å². The van der Waals surface area contributed by atoms with E-state index in [0.29, 0.717) is 6.29 Å². The van der Waals surface area contributed by atoms with E-state index in [-0.39, 0.29) is 28.9 Å². The lowest BCUT2D eigenvalue weighted by molar-refractivity contribution is 0.0600. The highest BCUT2D eigenvalue weighted by Gasteiger charge is 2.18. The lowest BCUT2D eigenvalue weighted by atomic mass is 9.98. The van der Waals surface area contributed by atoms with E-state index in [1.807, 2.05) is 6.07 Å². The van der Waals surface area contributed by atoms with Crippen LogP contribution >= 0.6 is 0 Å². The molecule has 0 aromatic heterocycles. The van der Waals surface area contributed by atoms with Crippen LogP contribution in [0.2, 0.25) is 0 Å². The highest BCUT2D eigenvalue weighted by Crippen LogP contribution is 2.29. The van der Waals surface area contributed by atoms with Crippen molar-refractivity contribution in [3.8, 4) is 11.8 Å². The predicted octanol–water partition coefficient (Wildman–Crippen LogP) is 0.905. The summed E-state index contributed by atoms with van der Waals surface area (Å²) < 4.78 is 4.53. The maximum absolute atomic E-state index is 11.4. The highest BCUT2D eigenvalue weighted by molar-refractivity contribution is 5.93. The molecule has 0 aliphatic heterocycles. The van der Waals surface area contributed by atoms with Gasteiger partial charge in [-0.25, -0.2) is 4.79 Å². The van der Waals surface area contributed by atoms with Crippen LogP contribution in [0.25, 0.3) is 0 Å². The van der Waals surface area contributed by atoms with Gasteiger partial charge in [-0.05, 0) is 12.1 Å². The molecule has 0 unspecified atom stereocenters. The lowest BCUT2D eigenvalue weighted by Gasteiger charge is -2.13. The monoisotopic (exact) mass is 248 g/mol. The number of ether oxygens (including phenoxy) is 1. The first-order chi connectivity index (χ1) is 8.54. The van der Waals surface area contributed by atoms with Crippen LogP contribution < -0.4 is 5.73 Å². The Bertz CT molecular complexity index is 520. The average molecular weight is 248 g/mol. The molecule has 1 aromatic rings. The number of benzene rings is 1. The first-order valence-corrected chi connectivity index (χ1v) is 5.08. The summed E-state index contributed by atoms with van der Waals surface area (Å²) in [6.07, 6.45) is 0.362. The van der Waals surface area contributed by atoms with Crippen molar-refractivity contribution in [1.82, 2.24) is 0 Å². The molecule has 0 bridgehead atoms. The Labute approximate surface area is 104 Å². The summed E-state index contributed by atoms with van der Waals surface area (Å²) in [5.74, 6) is -0.969. The van der Waals surface area contributed by atoms with Gasteiger partial charge in [0.15, 0.2) is 6.29 Å². The van der Waals surface area contributed by atoms with Crippen molar-refractivity contribution < 1.29 is 19.4 Å². The van der Waals surface area contributed by atoms with Crippen molar-refractivity contribution >= 4 is 12.3 Å². The van der Waals surface area contributed by atoms with Gasteiger partial charge in [-0.3, -0.25) is 4.79 Å². The minimum atomic E-state index is -0.779. The third-order valence-electron chi connectivity index (χ3n) is 2.43. The van der Waals surface area contributed by atoms with Gasteiger partial charge in [0.1, 0.15) is 5.75 Å². The largest absolute Gasteiger partial charge is 0.507 e. The standard InChI is InChI=1S/C12H12N2O4/c1-18-12(17)7-4-8(6-15)11(16)9(5-7)10(14)2-3-13/h4-6,10,16H,2,14H2,1H3/t10-/m0/s1. The molecule has 0 saturated heterocycles. The van der Waals surface area contributed by atoms with Crippen molar-refractivity contribution in [1.29, 1.82) is 5.26 Å². The second-order valence-electron chi connectivity index (χ2n) is 3.58. The van der Waals surface area contributed by atoms with Crippen molar-refractivity contribution in [2.24, 2.45) is 5.73 Å². The summed E-state index contributed by atoms with van der Waals surface area (Å²) in [6.45, 7) is 0. The molecule has 0 amide bonds. The maximum atomic E-state index is 11.4. The van der Waals surface area contributed by atoms with Crippen LogP contribution in [-0.2, 0) is 4.74 Å². The molecule has 18 heavy (non-hydrogen) atoms. The number of esters is 1. The fourth-order valence-corrected chi connectivity index (χ4v) is 1.50. The maximum Gasteiger partial charge on any atom is 0.337 e. The van der Waals surface area contributed by atoms with Gasteiger partial charge in [0.05, 0.1) is 30.7 Å². The first kappa shape index (κ1) is 13.7. The third kappa shape index (κ3) is 2.64. The van der Waals surface area contributed by atoms with Crippen LogP contribution in [0.3, 0.4) is 0 Å². The molecule has 94 valence electrons. The first-order valence-electron chi connectivity index (χ1n) is 5.08. The Morgan fingerprint density at radius 3 is 2.83 bits per heavy atom.